The SMILES string of the molecule is CCN(CC)CCOC(=O)[C@H](CCCN(C(C)=O)C(N)=NC(C)=O)NC(=O)[C@@H]1CCCN1C(=O)CNC(=O)[C@@H]1CCCN1C(=O)[C@@H](N)C(C)C. The van der Waals surface area contributed by atoms with Gasteiger partial charge >= 0.3 is 5.97 Å². The number of carbonyl (C=O) groups is 7. The molecule has 6 N–H and O–H groups in total. The fraction of sp³-hybridized carbons (Fsp3) is 0.758. The number of likely N-dealkylation sites (N-methyl/N-ethyl adjacent to an activating group) is 1. The van der Waals surface area contributed by atoms with Crippen molar-refractivity contribution >= 4 is 47.4 Å². The van der Waals surface area contributed by atoms with Gasteiger partial charge in [0.25, 0.3) is 0 Å². The first-order chi connectivity index (χ1) is 23.6. The number of likely N-dealkylation sites (tertiary alicyclic amines) is 2. The van der Waals surface area contributed by atoms with Gasteiger partial charge in [-0.2, -0.15) is 4.99 Å². The number of aliphatic imine (C=N–C) groups is 1. The van der Waals surface area contributed by atoms with Gasteiger partial charge in [-0.15, -0.1) is 0 Å². The zero-order valence-electron chi connectivity index (χ0n) is 30.4. The van der Waals surface area contributed by atoms with E-state index in [0.717, 1.165) is 18.0 Å². The Labute approximate surface area is 294 Å². The van der Waals surface area contributed by atoms with Crippen LogP contribution in [-0.2, 0) is 38.3 Å². The minimum Gasteiger partial charge on any atom is -0.463 e. The van der Waals surface area contributed by atoms with Gasteiger partial charge in [-0.25, -0.2) is 4.79 Å². The number of rotatable bonds is 17. The normalized spacial score (nSPS) is 18.9. The first-order valence-corrected chi connectivity index (χ1v) is 17.6. The number of ether oxygens (including phenoxy) is 1. The lowest BCUT2D eigenvalue weighted by Crippen LogP contribution is -2.55. The fourth-order valence-electron chi connectivity index (χ4n) is 6.04. The van der Waals surface area contributed by atoms with Gasteiger partial charge in [-0.3, -0.25) is 33.7 Å². The van der Waals surface area contributed by atoms with Crippen molar-refractivity contribution in [1.29, 1.82) is 0 Å². The predicted molar refractivity (Wildman–Crippen MR) is 185 cm³/mol. The van der Waals surface area contributed by atoms with Gasteiger partial charge in [-0.1, -0.05) is 27.7 Å². The number of carbonyl (C=O) groups excluding carboxylic acids is 7. The van der Waals surface area contributed by atoms with Crippen molar-refractivity contribution in [1.82, 2.24) is 30.2 Å². The topological polar surface area (TPSA) is 230 Å². The van der Waals surface area contributed by atoms with Crippen molar-refractivity contribution in [2.24, 2.45) is 22.4 Å². The maximum Gasteiger partial charge on any atom is 0.328 e. The van der Waals surface area contributed by atoms with E-state index in [1.807, 2.05) is 27.7 Å². The third kappa shape index (κ3) is 12.3. The van der Waals surface area contributed by atoms with Gasteiger partial charge in [0.05, 0.1) is 12.6 Å². The van der Waals surface area contributed by atoms with E-state index in [-0.39, 0.29) is 56.9 Å². The third-order valence-corrected chi connectivity index (χ3v) is 9.08. The summed E-state index contributed by atoms with van der Waals surface area (Å²) >= 11 is 0. The molecule has 0 aliphatic carbocycles. The van der Waals surface area contributed by atoms with Crippen LogP contribution in [0.5, 0.6) is 0 Å². The Morgan fingerprint density at radius 3 is 2.08 bits per heavy atom. The molecule has 50 heavy (non-hydrogen) atoms. The van der Waals surface area contributed by atoms with Crippen LogP contribution >= 0.6 is 0 Å². The minimum absolute atomic E-state index is 0.0260. The number of hydrogen-bond donors (Lipinski definition) is 4. The average molecular weight is 708 g/mol. The molecule has 17 heteroatoms. The zero-order valence-corrected chi connectivity index (χ0v) is 30.4. The summed E-state index contributed by atoms with van der Waals surface area (Å²) in [6.45, 7) is 12.6. The summed E-state index contributed by atoms with van der Waals surface area (Å²) in [5.41, 5.74) is 11.9. The molecular weight excluding hydrogens is 650 g/mol. The molecule has 2 rings (SSSR count). The Bertz CT molecular complexity index is 1260. The van der Waals surface area contributed by atoms with Gasteiger partial charge in [-0.05, 0) is 57.5 Å². The Morgan fingerprint density at radius 2 is 1.52 bits per heavy atom. The molecule has 0 aromatic carbocycles. The molecule has 0 aromatic heterocycles. The molecule has 2 aliphatic heterocycles. The van der Waals surface area contributed by atoms with E-state index in [9.17, 15) is 33.6 Å². The van der Waals surface area contributed by atoms with Gasteiger partial charge in [0.2, 0.25) is 41.4 Å². The Kier molecular flexibility index (Phi) is 17.3. The van der Waals surface area contributed by atoms with E-state index in [1.165, 1.54) is 23.6 Å². The van der Waals surface area contributed by atoms with E-state index in [1.54, 1.807) is 0 Å². The highest BCUT2D eigenvalue weighted by atomic mass is 16.5. The molecule has 0 aromatic rings. The summed E-state index contributed by atoms with van der Waals surface area (Å²) in [7, 11) is 0. The molecule has 0 saturated carbocycles. The van der Waals surface area contributed by atoms with Crippen molar-refractivity contribution in [3.05, 3.63) is 0 Å². The van der Waals surface area contributed by atoms with E-state index >= 15 is 0 Å². The summed E-state index contributed by atoms with van der Waals surface area (Å²) in [6.07, 6.45) is 2.26. The number of hydrogen-bond acceptors (Lipinski definition) is 10. The molecule has 2 saturated heterocycles. The second-order valence-electron chi connectivity index (χ2n) is 13.0. The largest absolute Gasteiger partial charge is 0.463 e. The lowest BCUT2D eigenvalue weighted by Gasteiger charge is -2.29. The highest BCUT2D eigenvalue weighted by Crippen LogP contribution is 2.21. The van der Waals surface area contributed by atoms with Gasteiger partial charge in [0.15, 0.2) is 0 Å². The van der Waals surface area contributed by atoms with E-state index in [0.29, 0.717) is 38.8 Å². The summed E-state index contributed by atoms with van der Waals surface area (Å²) < 4.78 is 5.52. The third-order valence-electron chi connectivity index (χ3n) is 9.08. The van der Waals surface area contributed by atoms with Crippen molar-refractivity contribution in [3.8, 4) is 0 Å². The number of nitrogens with one attached hydrogen (secondary N) is 2. The molecule has 4 atom stereocenters. The van der Waals surface area contributed by atoms with E-state index in [2.05, 4.69) is 20.5 Å². The quantitative estimate of drug-likeness (QED) is 0.0808. The molecule has 6 amide bonds. The first kappa shape index (κ1) is 42.0. The molecule has 2 fully saturated rings. The Balaban J connectivity index is 2.08. The first-order valence-electron chi connectivity index (χ1n) is 17.6. The summed E-state index contributed by atoms with van der Waals surface area (Å²) in [5, 5.41) is 5.37. The maximum absolute atomic E-state index is 13.6. The van der Waals surface area contributed by atoms with Crippen LogP contribution in [0.4, 0.5) is 0 Å². The molecule has 17 nitrogen and oxygen atoms in total. The number of nitrogens with two attached hydrogens (primary N) is 2. The molecule has 0 unspecified atom stereocenters. The van der Waals surface area contributed by atoms with Crippen molar-refractivity contribution in [3.63, 3.8) is 0 Å². The van der Waals surface area contributed by atoms with Crippen LogP contribution < -0.4 is 22.1 Å². The molecule has 282 valence electrons. The Morgan fingerprint density at radius 1 is 0.920 bits per heavy atom. The van der Waals surface area contributed by atoms with E-state index < -0.39 is 59.7 Å². The van der Waals surface area contributed by atoms with Crippen molar-refractivity contribution in [2.75, 3.05) is 52.4 Å². The molecule has 0 spiro atoms. The highest BCUT2D eigenvalue weighted by Gasteiger charge is 2.39. The van der Waals surface area contributed by atoms with E-state index in [4.69, 9.17) is 16.2 Å². The standard InChI is InChI=1S/C33H57N9O8/c1-7-39(8-2)18-19-50-32(49)24(12-9-15-40(23(6)44)33(35)37-22(5)43)38-30(47)26-14-10-16-41(26)27(45)20-36-29(46)25-13-11-17-42(25)31(48)28(34)21(3)4/h21,24-26,28H,7-20,34H2,1-6H3,(H,36,46)(H,38,47)(H2,35,37,43)/t24-,25-,26-,28-/m0/s1. The highest BCUT2D eigenvalue weighted by molar-refractivity contribution is 6.00. The predicted octanol–water partition coefficient (Wildman–Crippen LogP) is -1.07. The second kappa shape index (κ2) is 20.5. The summed E-state index contributed by atoms with van der Waals surface area (Å²) in [5.74, 6) is -3.84. The van der Waals surface area contributed by atoms with Crippen LogP contribution in [0.2, 0.25) is 0 Å². The molecular formula is C33H57N9O8. The molecule has 0 bridgehead atoms. The van der Waals surface area contributed by atoms with Crippen LogP contribution in [0.3, 0.4) is 0 Å². The van der Waals surface area contributed by atoms with Crippen LogP contribution in [0.25, 0.3) is 0 Å². The van der Waals surface area contributed by atoms with Gasteiger partial charge in [0, 0.05) is 40.0 Å². The molecule has 2 aliphatic rings. The number of guanidine groups is 1. The average Bonchev–Trinajstić information content (AvgIpc) is 3.76. The van der Waals surface area contributed by atoms with Gasteiger partial charge in [0.1, 0.15) is 24.7 Å². The number of amides is 6. The summed E-state index contributed by atoms with van der Waals surface area (Å²) in [6, 6.07) is -3.44. The number of esters is 1. The van der Waals surface area contributed by atoms with Crippen molar-refractivity contribution in [2.45, 2.75) is 104 Å². The zero-order chi connectivity index (χ0) is 37.5. The van der Waals surface area contributed by atoms with Crippen LogP contribution in [0.15, 0.2) is 4.99 Å². The van der Waals surface area contributed by atoms with Crippen LogP contribution in [-0.4, -0.2) is 144 Å². The molecule has 0 radical (unpaired) electrons. The van der Waals surface area contributed by atoms with Crippen molar-refractivity contribution < 1.29 is 38.3 Å². The minimum atomic E-state index is -1.10. The monoisotopic (exact) mass is 707 g/mol. The lowest BCUT2D eigenvalue weighted by atomic mass is 10.0. The second-order valence-corrected chi connectivity index (χ2v) is 13.0. The maximum atomic E-state index is 13.6. The smallest absolute Gasteiger partial charge is 0.328 e. The lowest BCUT2D eigenvalue weighted by molar-refractivity contribution is -0.149. The fourth-order valence-corrected chi connectivity index (χ4v) is 6.04. The molecule has 2 heterocycles. The Hall–Kier alpha value is -4.12. The summed E-state index contributed by atoms with van der Waals surface area (Å²) in [4.78, 5) is 99.1. The van der Waals surface area contributed by atoms with Crippen LogP contribution in [0.1, 0.15) is 80.1 Å². The number of nitrogens with zero attached hydrogens (tertiary/aromatic N) is 5. The van der Waals surface area contributed by atoms with Gasteiger partial charge < -0.3 is 41.5 Å². The van der Waals surface area contributed by atoms with Crippen LogP contribution in [0, 0.1) is 5.92 Å².